The monoisotopic (exact) mass is 208 g/mol. The highest BCUT2D eigenvalue weighted by Gasteiger charge is 2.21. The van der Waals surface area contributed by atoms with Crippen molar-refractivity contribution >= 4 is 5.69 Å². The predicted octanol–water partition coefficient (Wildman–Crippen LogP) is -0.0112. The molecule has 3 N–H and O–H groups in total. The predicted molar refractivity (Wildman–Crippen MR) is 58.6 cm³/mol. The van der Waals surface area contributed by atoms with Crippen molar-refractivity contribution in [1.82, 2.24) is 15.1 Å². The van der Waals surface area contributed by atoms with Gasteiger partial charge in [-0.3, -0.25) is 4.79 Å². The second-order valence-corrected chi connectivity index (χ2v) is 4.12. The standard InChI is InChI=1S/C10H16N4O/c1-14-4-2-3-8(14)5-7-6-9(11)10(15)13-12-7/h6,8H,2-5H2,1H3,(H2,11,12)(H,13,15). The van der Waals surface area contributed by atoms with Gasteiger partial charge in [-0.05, 0) is 32.5 Å². The third-order valence-electron chi connectivity index (χ3n) is 3.00. The normalized spacial score (nSPS) is 22.1. The summed E-state index contributed by atoms with van der Waals surface area (Å²) in [6.45, 7) is 1.14. The van der Waals surface area contributed by atoms with Crippen LogP contribution in [0.15, 0.2) is 10.9 Å². The van der Waals surface area contributed by atoms with Crippen molar-refractivity contribution in [1.29, 1.82) is 0 Å². The fourth-order valence-electron chi connectivity index (χ4n) is 2.05. The molecule has 0 aromatic carbocycles. The summed E-state index contributed by atoms with van der Waals surface area (Å²) in [6, 6.07) is 2.20. The highest BCUT2D eigenvalue weighted by atomic mass is 16.1. The number of aromatic amines is 1. The van der Waals surface area contributed by atoms with Gasteiger partial charge in [-0.1, -0.05) is 0 Å². The highest BCUT2D eigenvalue weighted by molar-refractivity contribution is 5.34. The summed E-state index contributed by atoms with van der Waals surface area (Å²) in [6.07, 6.45) is 3.29. The fraction of sp³-hybridized carbons (Fsp3) is 0.600. The van der Waals surface area contributed by atoms with E-state index >= 15 is 0 Å². The molecule has 1 unspecified atom stereocenters. The van der Waals surface area contributed by atoms with E-state index in [2.05, 4.69) is 22.1 Å². The maximum absolute atomic E-state index is 11.0. The Labute approximate surface area is 88.3 Å². The lowest BCUT2D eigenvalue weighted by Crippen LogP contribution is -2.28. The van der Waals surface area contributed by atoms with E-state index in [1.807, 2.05) is 0 Å². The number of rotatable bonds is 2. The van der Waals surface area contributed by atoms with E-state index in [0.717, 1.165) is 18.7 Å². The Hall–Kier alpha value is -1.36. The van der Waals surface area contributed by atoms with Crippen molar-refractivity contribution in [2.45, 2.75) is 25.3 Å². The van der Waals surface area contributed by atoms with E-state index in [9.17, 15) is 4.79 Å². The summed E-state index contributed by atoms with van der Waals surface area (Å²) in [7, 11) is 2.12. The molecule has 0 radical (unpaired) electrons. The van der Waals surface area contributed by atoms with E-state index in [1.165, 1.54) is 12.8 Å². The molecule has 1 fully saturated rings. The smallest absolute Gasteiger partial charge is 0.287 e. The van der Waals surface area contributed by atoms with Crippen LogP contribution in [0.25, 0.3) is 0 Å². The first-order valence-corrected chi connectivity index (χ1v) is 5.21. The molecule has 5 nitrogen and oxygen atoms in total. The van der Waals surface area contributed by atoms with Crippen LogP contribution in [0.1, 0.15) is 18.5 Å². The molecule has 1 aliphatic heterocycles. The van der Waals surface area contributed by atoms with Crippen LogP contribution in [0, 0.1) is 0 Å². The number of nitrogens with zero attached hydrogens (tertiary/aromatic N) is 2. The number of likely N-dealkylation sites (tertiary alicyclic amines) is 1. The van der Waals surface area contributed by atoms with Crippen molar-refractivity contribution in [3.63, 3.8) is 0 Å². The van der Waals surface area contributed by atoms with Gasteiger partial charge in [0.25, 0.3) is 5.56 Å². The summed E-state index contributed by atoms with van der Waals surface area (Å²) in [5.41, 5.74) is 6.34. The Balaban J connectivity index is 2.10. The number of hydrogen-bond donors (Lipinski definition) is 2. The molecule has 1 atom stereocenters. The van der Waals surface area contributed by atoms with Gasteiger partial charge in [-0.2, -0.15) is 5.10 Å². The fourth-order valence-corrected chi connectivity index (χ4v) is 2.05. The minimum absolute atomic E-state index is 0.251. The zero-order chi connectivity index (χ0) is 10.8. The van der Waals surface area contributed by atoms with Gasteiger partial charge >= 0.3 is 0 Å². The molecule has 0 spiro atoms. The third kappa shape index (κ3) is 2.18. The topological polar surface area (TPSA) is 75.0 Å². The zero-order valence-electron chi connectivity index (χ0n) is 8.86. The first kappa shape index (κ1) is 10.2. The van der Waals surface area contributed by atoms with Gasteiger partial charge in [0.1, 0.15) is 5.69 Å². The Bertz CT molecular complexity index is 401. The number of likely N-dealkylation sites (N-methyl/N-ethyl adjacent to an activating group) is 1. The van der Waals surface area contributed by atoms with E-state index in [4.69, 9.17) is 5.73 Å². The van der Waals surface area contributed by atoms with Crippen LogP contribution in [0.3, 0.4) is 0 Å². The Morgan fingerprint density at radius 1 is 1.73 bits per heavy atom. The van der Waals surface area contributed by atoms with Crippen molar-refractivity contribution < 1.29 is 0 Å². The highest BCUT2D eigenvalue weighted by Crippen LogP contribution is 2.18. The van der Waals surface area contributed by atoms with Crippen LogP contribution in [-0.2, 0) is 6.42 Å². The number of anilines is 1. The van der Waals surface area contributed by atoms with Crippen LogP contribution < -0.4 is 11.3 Å². The van der Waals surface area contributed by atoms with Gasteiger partial charge < -0.3 is 10.6 Å². The molecule has 1 aromatic heterocycles. The van der Waals surface area contributed by atoms with Crippen molar-refractivity contribution in [2.24, 2.45) is 0 Å². The minimum Gasteiger partial charge on any atom is -0.394 e. The first-order valence-electron chi connectivity index (χ1n) is 5.21. The van der Waals surface area contributed by atoms with Gasteiger partial charge in [0.05, 0.1) is 5.69 Å². The molecule has 5 heteroatoms. The summed E-state index contributed by atoms with van der Waals surface area (Å²) in [4.78, 5) is 13.3. The van der Waals surface area contributed by atoms with Gasteiger partial charge in [0.15, 0.2) is 0 Å². The van der Waals surface area contributed by atoms with Crippen LogP contribution in [0.2, 0.25) is 0 Å². The molecule has 1 aromatic rings. The average molecular weight is 208 g/mol. The zero-order valence-corrected chi connectivity index (χ0v) is 8.86. The van der Waals surface area contributed by atoms with E-state index in [1.54, 1.807) is 6.07 Å². The van der Waals surface area contributed by atoms with Crippen LogP contribution >= 0.6 is 0 Å². The lowest BCUT2D eigenvalue weighted by atomic mass is 10.1. The SMILES string of the molecule is CN1CCCC1Cc1cc(N)c(=O)[nH]n1. The molecule has 0 bridgehead atoms. The molecule has 82 valence electrons. The molecule has 1 saturated heterocycles. The largest absolute Gasteiger partial charge is 0.394 e. The van der Waals surface area contributed by atoms with E-state index in [0.29, 0.717) is 6.04 Å². The van der Waals surface area contributed by atoms with Gasteiger partial charge in [0.2, 0.25) is 0 Å². The molecular formula is C10H16N4O. The molecule has 0 amide bonds. The maximum atomic E-state index is 11.0. The van der Waals surface area contributed by atoms with Crippen LogP contribution in [-0.4, -0.2) is 34.7 Å². The second kappa shape index (κ2) is 4.02. The van der Waals surface area contributed by atoms with Crippen molar-refractivity contribution in [2.75, 3.05) is 19.3 Å². The van der Waals surface area contributed by atoms with Crippen molar-refractivity contribution in [3.05, 3.63) is 22.1 Å². The molecular weight excluding hydrogens is 192 g/mol. The number of hydrogen-bond acceptors (Lipinski definition) is 4. The van der Waals surface area contributed by atoms with Gasteiger partial charge in [-0.25, -0.2) is 5.10 Å². The van der Waals surface area contributed by atoms with Crippen LogP contribution in [0.5, 0.6) is 0 Å². The number of nitrogen functional groups attached to an aromatic ring is 1. The molecule has 0 saturated carbocycles. The molecule has 2 rings (SSSR count). The first-order chi connectivity index (χ1) is 7.16. The van der Waals surface area contributed by atoms with Crippen LogP contribution in [0.4, 0.5) is 5.69 Å². The van der Waals surface area contributed by atoms with Crippen molar-refractivity contribution in [3.8, 4) is 0 Å². The number of aromatic nitrogens is 2. The third-order valence-corrected chi connectivity index (χ3v) is 3.00. The molecule has 1 aliphatic rings. The average Bonchev–Trinajstić information content (AvgIpc) is 2.59. The second-order valence-electron chi connectivity index (χ2n) is 4.12. The molecule has 0 aliphatic carbocycles. The lowest BCUT2D eigenvalue weighted by molar-refractivity contribution is 0.307. The molecule has 15 heavy (non-hydrogen) atoms. The summed E-state index contributed by atoms with van der Waals surface area (Å²) in [5.74, 6) is 0. The lowest BCUT2D eigenvalue weighted by Gasteiger charge is -2.18. The summed E-state index contributed by atoms with van der Waals surface area (Å²) >= 11 is 0. The number of H-pyrrole nitrogens is 1. The minimum atomic E-state index is -0.307. The molecule has 2 heterocycles. The number of nitrogens with one attached hydrogen (secondary N) is 1. The Kier molecular flexibility index (Phi) is 2.73. The number of nitrogens with two attached hydrogens (primary N) is 1. The van der Waals surface area contributed by atoms with E-state index in [-0.39, 0.29) is 11.2 Å². The Morgan fingerprint density at radius 3 is 3.13 bits per heavy atom. The quantitative estimate of drug-likeness (QED) is 0.716. The summed E-state index contributed by atoms with van der Waals surface area (Å²) in [5, 5.41) is 6.40. The van der Waals surface area contributed by atoms with E-state index < -0.39 is 0 Å². The maximum Gasteiger partial charge on any atom is 0.287 e. The Morgan fingerprint density at radius 2 is 2.53 bits per heavy atom. The van der Waals surface area contributed by atoms with Gasteiger partial charge in [0, 0.05) is 12.5 Å². The van der Waals surface area contributed by atoms with Gasteiger partial charge in [-0.15, -0.1) is 0 Å². The summed E-state index contributed by atoms with van der Waals surface area (Å²) < 4.78 is 0.